The van der Waals surface area contributed by atoms with E-state index < -0.39 is 0 Å². The van der Waals surface area contributed by atoms with Gasteiger partial charge in [0.25, 0.3) is 0 Å². The van der Waals surface area contributed by atoms with Crippen LogP contribution in [-0.2, 0) is 6.54 Å². The Morgan fingerprint density at radius 2 is 2.00 bits per heavy atom. The summed E-state index contributed by atoms with van der Waals surface area (Å²) in [4.78, 5) is 0. The summed E-state index contributed by atoms with van der Waals surface area (Å²) in [5.74, 6) is 0.278. The molecule has 0 heterocycles. The SMILES string of the molecule is Cc1ccc(CNc2cccc(O)c2)cc1Br. The van der Waals surface area contributed by atoms with Gasteiger partial charge in [0, 0.05) is 22.8 Å². The third-order valence-corrected chi connectivity index (χ3v) is 3.43. The maximum atomic E-state index is 9.34. The third-order valence-electron chi connectivity index (χ3n) is 2.58. The van der Waals surface area contributed by atoms with E-state index in [1.54, 1.807) is 12.1 Å². The van der Waals surface area contributed by atoms with E-state index in [4.69, 9.17) is 0 Å². The largest absolute Gasteiger partial charge is 0.508 e. The number of nitrogens with one attached hydrogen (secondary N) is 1. The maximum Gasteiger partial charge on any atom is 0.117 e. The second kappa shape index (κ2) is 5.23. The second-order valence-corrected chi connectivity index (χ2v) is 4.84. The van der Waals surface area contributed by atoms with Gasteiger partial charge in [0.15, 0.2) is 0 Å². The van der Waals surface area contributed by atoms with Crippen LogP contribution in [0.4, 0.5) is 5.69 Å². The fourth-order valence-electron chi connectivity index (χ4n) is 1.57. The summed E-state index contributed by atoms with van der Waals surface area (Å²) in [6, 6.07) is 13.4. The lowest BCUT2D eigenvalue weighted by atomic mass is 10.1. The van der Waals surface area contributed by atoms with Crippen molar-refractivity contribution in [2.24, 2.45) is 0 Å². The van der Waals surface area contributed by atoms with Gasteiger partial charge in [-0.2, -0.15) is 0 Å². The molecule has 0 aromatic heterocycles. The number of aromatic hydroxyl groups is 1. The molecule has 0 atom stereocenters. The van der Waals surface area contributed by atoms with E-state index in [9.17, 15) is 5.11 Å². The minimum atomic E-state index is 0.278. The highest BCUT2D eigenvalue weighted by Crippen LogP contribution is 2.19. The van der Waals surface area contributed by atoms with Crippen LogP contribution in [0.2, 0.25) is 0 Å². The highest BCUT2D eigenvalue weighted by Gasteiger charge is 1.98. The Bertz CT molecular complexity index is 525. The molecule has 0 saturated carbocycles. The Labute approximate surface area is 109 Å². The summed E-state index contributed by atoms with van der Waals surface area (Å²) in [6.45, 7) is 2.80. The first-order valence-electron chi connectivity index (χ1n) is 5.43. The highest BCUT2D eigenvalue weighted by molar-refractivity contribution is 9.10. The standard InChI is InChI=1S/C14H14BrNO/c1-10-5-6-11(7-14(10)15)9-16-12-3-2-4-13(17)8-12/h2-8,16-17H,9H2,1H3. The molecule has 0 aliphatic rings. The molecule has 0 amide bonds. The van der Waals surface area contributed by atoms with Gasteiger partial charge in [-0.1, -0.05) is 34.1 Å². The molecular weight excluding hydrogens is 278 g/mol. The molecule has 2 nitrogen and oxygen atoms in total. The fraction of sp³-hybridized carbons (Fsp3) is 0.143. The smallest absolute Gasteiger partial charge is 0.117 e. The Balaban J connectivity index is 2.05. The Kier molecular flexibility index (Phi) is 3.69. The Morgan fingerprint density at radius 3 is 2.71 bits per heavy atom. The highest BCUT2D eigenvalue weighted by atomic mass is 79.9. The molecule has 0 bridgehead atoms. The zero-order valence-electron chi connectivity index (χ0n) is 9.57. The van der Waals surface area contributed by atoms with Crippen LogP contribution in [0, 0.1) is 6.92 Å². The number of hydrogen-bond acceptors (Lipinski definition) is 2. The van der Waals surface area contributed by atoms with E-state index in [1.807, 2.05) is 12.1 Å². The van der Waals surface area contributed by atoms with Crippen LogP contribution in [0.1, 0.15) is 11.1 Å². The number of phenols is 1. The summed E-state index contributed by atoms with van der Waals surface area (Å²) >= 11 is 3.52. The molecule has 0 radical (unpaired) electrons. The monoisotopic (exact) mass is 291 g/mol. The topological polar surface area (TPSA) is 32.3 Å². The van der Waals surface area contributed by atoms with E-state index >= 15 is 0 Å². The van der Waals surface area contributed by atoms with Gasteiger partial charge < -0.3 is 10.4 Å². The van der Waals surface area contributed by atoms with Gasteiger partial charge in [-0.3, -0.25) is 0 Å². The molecule has 0 spiro atoms. The lowest BCUT2D eigenvalue weighted by molar-refractivity contribution is 0.475. The number of aryl methyl sites for hydroxylation is 1. The van der Waals surface area contributed by atoms with Crippen LogP contribution in [0.5, 0.6) is 5.75 Å². The van der Waals surface area contributed by atoms with Gasteiger partial charge in [0.1, 0.15) is 5.75 Å². The molecule has 2 aromatic carbocycles. The van der Waals surface area contributed by atoms with E-state index in [1.165, 1.54) is 11.1 Å². The Morgan fingerprint density at radius 1 is 1.18 bits per heavy atom. The van der Waals surface area contributed by atoms with Crippen molar-refractivity contribution in [3.05, 3.63) is 58.1 Å². The molecule has 2 N–H and O–H groups in total. The molecule has 0 saturated heterocycles. The van der Waals surface area contributed by atoms with Crippen molar-refractivity contribution in [3.8, 4) is 5.75 Å². The van der Waals surface area contributed by atoms with Crippen molar-refractivity contribution in [2.75, 3.05) is 5.32 Å². The molecule has 3 heteroatoms. The summed E-state index contributed by atoms with van der Waals surface area (Å²) < 4.78 is 1.12. The minimum Gasteiger partial charge on any atom is -0.508 e. The number of hydrogen-bond donors (Lipinski definition) is 2. The molecule has 0 fully saturated rings. The summed E-state index contributed by atoms with van der Waals surface area (Å²) in [7, 11) is 0. The molecule has 0 unspecified atom stereocenters. The summed E-state index contributed by atoms with van der Waals surface area (Å²) in [6.07, 6.45) is 0. The predicted octanol–water partition coefficient (Wildman–Crippen LogP) is 4.08. The molecule has 2 aromatic rings. The van der Waals surface area contributed by atoms with Crippen LogP contribution >= 0.6 is 15.9 Å². The molecule has 17 heavy (non-hydrogen) atoms. The van der Waals surface area contributed by atoms with Crippen molar-refractivity contribution in [2.45, 2.75) is 13.5 Å². The zero-order chi connectivity index (χ0) is 12.3. The van der Waals surface area contributed by atoms with Gasteiger partial charge in [-0.15, -0.1) is 0 Å². The number of halogens is 1. The van der Waals surface area contributed by atoms with E-state index in [0.29, 0.717) is 0 Å². The fourth-order valence-corrected chi connectivity index (χ4v) is 1.99. The number of benzene rings is 2. The lowest BCUT2D eigenvalue weighted by Gasteiger charge is -2.08. The van der Waals surface area contributed by atoms with Crippen LogP contribution in [0.3, 0.4) is 0 Å². The second-order valence-electron chi connectivity index (χ2n) is 3.99. The van der Waals surface area contributed by atoms with Gasteiger partial charge in [0.05, 0.1) is 0 Å². The van der Waals surface area contributed by atoms with Crippen molar-refractivity contribution in [1.29, 1.82) is 0 Å². The maximum absolute atomic E-state index is 9.34. The Hall–Kier alpha value is -1.48. The normalized spacial score (nSPS) is 10.2. The van der Waals surface area contributed by atoms with E-state index in [-0.39, 0.29) is 5.75 Å². The molecule has 88 valence electrons. The minimum absolute atomic E-state index is 0.278. The van der Waals surface area contributed by atoms with Gasteiger partial charge in [-0.05, 0) is 36.2 Å². The van der Waals surface area contributed by atoms with Crippen LogP contribution in [-0.4, -0.2) is 5.11 Å². The molecular formula is C14H14BrNO. The third kappa shape index (κ3) is 3.24. The number of anilines is 1. The quantitative estimate of drug-likeness (QED) is 0.893. The molecule has 2 rings (SSSR count). The van der Waals surface area contributed by atoms with E-state index in [2.05, 4.69) is 46.4 Å². The van der Waals surface area contributed by atoms with Gasteiger partial charge in [0.2, 0.25) is 0 Å². The first kappa shape index (κ1) is 12.0. The van der Waals surface area contributed by atoms with Crippen molar-refractivity contribution in [3.63, 3.8) is 0 Å². The van der Waals surface area contributed by atoms with Crippen molar-refractivity contribution < 1.29 is 5.11 Å². The summed E-state index contributed by atoms with van der Waals surface area (Å²) in [5, 5.41) is 12.6. The number of rotatable bonds is 3. The van der Waals surface area contributed by atoms with Crippen LogP contribution in [0.25, 0.3) is 0 Å². The van der Waals surface area contributed by atoms with Crippen LogP contribution < -0.4 is 5.32 Å². The summed E-state index contributed by atoms with van der Waals surface area (Å²) in [5.41, 5.74) is 3.35. The first-order valence-corrected chi connectivity index (χ1v) is 6.22. The van der Waals surface area contributed by atoms with Crippen molar-refractivity contribution in [1.82, 2.24) is 0 Å². The molecule has 0 aliphatic carbocycles. The predicted molar refractivity (Wildman–Crippen MR) is 74.3 cm³/mol. The molecule has 0 aliphatic heterocycles. The lowest BCUT2D eigenvalue weighted by Crippen LogP contribution is -1.99. The van der Waals surface area contributed by atoms with Gasteiger partial charge >= 0.3 is 0 Å². The average Bonchev–Trinajstić information content (AvgIpc) is 2.31. The number of phenolic OH excluding ortho intramolecular Hbond substituents is 1. The van der Waals surface area contributed by atoms with E-state index in [0.717, 1.165) is 16.7 Å². The van der Waals surface area contributed by atoms with Crippen molar-refractivity contribution >= 4 is 21.6 Å². The first-order chi connectivity index (χ1) is 8.15. The average molecular weight is 292 g/mol. The van der Waals surface area contributed by atoms with Gasteiger partial charge in [-0.25, -0.2) is 0 Å². The zero-order valence-corrected chi connectivity index (χ0v) is 11.2. The van der Waals surface area contributed by atoms with Crippen LogP contribution in [0.15, 0.2) is 46.9 Å².